The van der Waals surface area contributed by atoms with Gasteiger partial charge < -0.3 is 28.5 Å². The van der Waals surface area contributed by atoms with Crippen molar-refractivity contribution in [2.45, 2.75) is 283 Å². The van der Waals surface area contributed by atoms with Crippen molar-refractivity contribution in [3.63, 3.8) is 0 Å². The molecule has 0 rings (SSSR count). The monoisotopic (exact) mass is 1050 g/mol. The van der Waals surface area contributed by atoms with Gasteiger partial charge in [0.25, 0.3) is 6.29 Å². The number of rotatable bonds is 57. The zero-order chi connectivity index (χ0) is 54.8. The van der Waals surface area contributed by atoms with Crippen LogP contribution in [0.3, 0.4) is 0 Å². The molecule has 0 spiro atoms. The van der Waals surface area contributed by atoms with E-state index in [1.54, 1.807) is 0 Å². The third-order valence-corrected chi connectivity index (χ3v) is 13.4. The molecule has 0 aromatic rings. The predicted molar refractivity (Wildman–Crippen MR) is 318 cm³/mol. The average molecular weight is 1050 g/mol. The Balaban J connectivity index is 4.07. The number of aliphatic carboxylic acids is 1. The first-order valence-corrected chi connectivity index (χ1v) is 31.1. The molecule has 2 unspecified atom stereocenters. The lowest BCUT2D eigenvalue weighted by Gasteiger charge is -2.25. The molecule has 75 heavy (non-hydrogen) atoms. The van der Waals surface area contributed by atoms with Crippen molar-refractivity contribution >= 4 is 17.9 Å². The van der Waals surface area contributed by atoms with Gasteiger partial charge in [0, 0.05) is 12.8 Å². The number of quaternary nitrogens is 1. The summed E-state index contributed by atoms with van der Waals surface area (Å²) in [7, 11) is 5.97. The van der Waals surface area contributed by atoms with E-state index in [0.717, 1.165) is 89.9 Å². The van der Waals surface area contributed by atoms with Crippen molar-refractivity contribution < 1.29 is 42.9 Å². The van der Waals surface area contributed by atoms with E-state index < -0.39 is 24.3 Å². The summed E-state index contributed by atoms with van der Waals surface area (Å²) in [6.07, 6.45) is 71.4. The van der Waals surface area contributed by atoms with Crippen LogP contribution in [0.1, 0.15) is 271 Å². The van der Waals surface area contributed by atoms with Gasteiger partial charge in [-0.25, -0.2) is 4.79 Å². The molecule has 9 nitrogen and oxygen atoms in total. The standard InChI is InChI=1S/C66H117NO8/c1-6-8-10-12-14-16-18-20-22-23-24-25-26-27-28-29-30-31-32-33-34-35-36-37-38-39-40-41-43-45-47-49-51-53-55-57-64(69)75-62(61-74-66(65(70)71)72-59-58-67(3,4)5)60-73-63(68)56-54-52-50-48-46-44-42-21-19-17-15-13-11-9-7-2/h8,10,14,16,20-22,24-25,27-28,42,62,66H,6-7,9,11-13,15,17-19,23,26,29-41,43-61H2,1-5H3/p+1/b10-8-,16-14-,22-20-,25-24-,28-27-,42-21-. The smallest absolute Gasteiger partial charge is 0.361 e. The van der Waals surface area contributed by atoms with E-state index in [-0.39, 0.29) is 32.2 Å². The van der Waals surface area contributed by atoms with E-state index in [1.807, 2.05) is 21.1 Å². The lowest BCUT2D eigenvalue weighted by atomic mass is 10.0. The van der Waals surface area contributed by atoms with Crippen LogP contribution in [-0.4, -0.2) is 87.4 Å². The minimum absolute atomic E-state index is 0.185. The van der Waals surface area contributed by atoms with Gasteiger partial charge in [-0.1, -0.05) is 247 Å². The number of ether oxygens (including phenoxy) is 4. The number of nitrogens with zero attached hydrogens (tertiary/aromatic N) is 1. The Kier molecular flexibility index (Phi) is 54.4. The van der Waals surface area contributed by atoms with Crippen LogP contribution in [-0.2, 0) is 33.3 Å². The molecule has 0 saturated carbocycles. The topological polar surface area (TPSA) is 108 Å². The third-order valence-electron chi connectivity index (χ3n) is 13.4. The molecule has 0 aliphatic rings. The fourth-order valence-electron chi connectivity index (χ4n) is 8.68. The zero-order valence-electron chi connectivity index (χ0n) is 49.4. The summed E-state index contributed by atoms with van der Waals surface area (Å²) in [6.45, 7) is 4.77. The van der Waals surface area contributed by atoms with Crippen molar-refractivity contribution in [3.05, 3.63) is 72.9 Å². The van der Waals surface area contributed by atoms with Crippen molar-refractivity contribution in [3.8, 4) is 0 Å². The van der Waals surface area contributed by atoms with E-state index in [1.165, 1.54) is 154 Å². The Morgan fingerprint density at radius 1 is 0.413 bits per heavy atom. The van der Waals surface area contributed by atoms with Gasteiger partial charge in [-0.3, -0.25) is 9.59 Å². The van der Waals surface area contributed by atoms with E-state index in [0.29, 0.717) is 17.4 Å². The van der Waals surface area contributed by atoms with Crippen LogP contribution in [0.15, 0.2) is 72.9 Å². The predicted octanol–water partition coefficient (Wildman–Crippen LogP) is 18.6. The van der Waals surface area contributed by atoms with Gasteiger partial charge >= 0.3 is 17.9 Å². The van der Waals surface area contributed by atoms with E-state index in [9.17, 15) is 19.5 Å². The van der Waals surface area contributed by atoms with Crippen molar-refractivity contribution in [2.24, 2.45) is 0 Å². The van der Waals surface area contributed by atoms with Gasteiger partial charge in [0.15, 0.2) is 6.10 Å². The molecule has 0 bridgehead atoms. The van der Waals surface area contributed by atoms with E-state index in [2.05, 4.69) is 86.8 Å². The third kappa shape index (κ3) is 58.3. The van der Waals surface area contributed by atoms with Crippen LogP contribution in [0, 0.1) is 0 Å². The molecule has 9 heteroatoms. The number of carbonyl (C=O) groups excluding carboxylic acids is 2. The van der Waals surface area contributed by atoms with Crippen molar-refractivity contribution in [2.75, 3.05) is 47.5 Å². The first-order valence-electron chi connectivity index (χ1n) is 31.1. The molecule has 0 aromatic carbocycles. The second-order valence-corrected chi connectivity index (χ2v) is 22.0. The molecule has 0 aliphatic heterocycles. The number of hydrogen-bond acceptors (Lipinski definition) is 7. The van der Waals surface area contributed by atoms with Crippen LogP contribution >= 0.6 is 0 Å². The van der Waals surface area contributed by atoms with Gasteiger partial charge in [0.1, 0.15) is 13.2 Å². The highest BCUT2D eigenvalue weighted by Crippen LogP contribution is 2.17. The molecule has 1 N–H and O–H groups in total. The van der Waals surface area contributed by atoms with Gasteiger partial charge in [0.2, 0.25) is 0 Å². The molecule has 0 aliphatic carbocycles. The number of carbonyl (C=O) groups is 3. The second-order valence-electron chi connectivity index (χ2n) is 22.0. The normalized spacial score (nSPS) is 13.2. The van der Waals surface area contributed by atoms with Crippen LogP contribution < -0.4 is 0 Å². The summed E-state index contributed by atoms with van der Waals surface area (Å²) in [5, 5.41) is 9.70. The Morgan fingerprint density at radius 3 is 1.15 bits per heavy atom. The first-order chi connectivity index (χ1) is 36.6. The maximum Gasteiger partial charge on any atom is 0.361 e. The van der Waals surface area contributed by atoms with E-state index in [4.69, 9.17) is 18.9 Å². The number of allylic oxidation sites excluding steroid dienone is 12. The molecule has 2 atom stereocenters. The maximum atomic E-state index is 12.9. The maximum absolute atomic E-state index is 12.9. The Hall–Kier alpha value is -3.27. The molecule has 0 saturated heterocycles. The molecule has 0 aromatic heterocycles. The lowest BCUT2D eigenvalue weighted by Crippen LogP contribution is -2.40. The highest BCUT2D eigenvalue weighted by atomic mass is 16.7. The fourth-order valence-corrected chi connectivity index (χ4v) is 8.68. The molecule has 0 amide bonds. The SMILES string of the molecule is CC/C=C\C/C=C\C/C=C\C/C=C\C/C=C\CCCCCCCCCCCCCCCCCCCCCC(=O)OC(COC(=O)CCCCCCC/C=C\CCCCCCCC)COC(OCC[N+](C)(C)C)C(=O)O. The quantitative estimate of drug-likeness (QED) is 0.0211. The van der Waals surface area contributed by atoms with Crippen LogP contribution in [0.25, 0.3) is 0 Å². The summed E-state index contributed by atoms with van der Waals surface area (Å²) >= 11 is 0. The number of carboxylic acid groups (broad SMARTS) is 1. The largest absolute Gasteiger partial charge is 0.477 e. The van der Waals surface area contributed by atoms with Gasteiger partial charge in [0.05, 0.1) is 34.4 Å². The summed E-state index contributed by atoms with van der Waals surface area (Å²) in [6, 6.07) is 0. The molecule has 0 radical (unpaired) electrons. The van der Waals surface area contributed by atoms with Gasteiger partial charge in [-0.15, -0.1) is 0 Å². The number of likely N-dealkylation sites (N-methyl/N-ethyl adjacent to an activating group) is 1. The van der Waals surface area contributed by atoms with Gasteiger partial charge in [-0.05, 0) is 83.5 Å². The van der Waals surface area contributed by atoms with Gasteiger partial charge in [-0.2, -0.15) is 0 Å². The number of esters is 2. The van der Waals surface area contributed by atoms with Crippen LogP contribution in [0.2, 0.25) is 0 Å². The second kappa shape index (κ2) is 56.9. The Bertz CT molecular complexity index is 1460. The molecule has 0 fully saturated rings. The molecular weight excluding hydrogens is 935 g/mol. The lowest BCUT2D eigenvalue weighted by molar-refractivity contribution is -0.870. The number of carboxylic acids is 1. The molecule has 0 heterocycles. The van der Waals surface area contributed by atoms with Crippen LogP contribution in [0.4, 0.5) is 0 Å². The number of hydrogen-bond donors (Lipinski definition) is 1. The highest BCUT2D eigenvalue weighted by molar-refractivity contribution is 5.71. The summed E-state index contributed by atoms with van der Waals surface area (Å²) < 4.78 is 22.9. The van der Waals surface area contributed by atoms with Crippen LogP contribution in [0.5, 0.6) is 0 Å². The summed E-state index contributed by atoms with van der Waals surface area (Å²) in [5.74, 6) is -2.01. The summed E-state index contributed by atoms with van der Waals surface area (Å²) in [4.78, 5) is 37.4. The number of unbranched alkanes of at least 4 members (excludes halogenated alkanes) is 30. The Labute approximate surface area is 462 Å². The minimum Gasteiger partial charge on any atom is -0.477 e. The zero-order valence-corrected chi connectivity index (χ0v) is 49.4. The summed E-state index contributed by atoms with van der Waals surface area (Å²) in [5.41, 5.74) is 0. The first kappa shape index (κ1) is 71.7. The Morgan fingerprint density at radius 2 is 0.760 bits per heavy atom. The fraction of sp³-hybridized carbons (Fsp3) is 0.773. The van der Waals surface area contributed by atoms with Crippen molar-refractivity contribution in [1.29, 1.82) is 0 Å². The average Bonchev–Trinajstić information content (AvgIpc) is 3.38. The molecule has 434 valence electrons. The minimum atomic E-state index is -1.51. The van der Waals surface area contributed by atoms with E-state index >= 15 is 0 Å². The highest BCUT2D eigenvalue weighted by Gasteiger charge is 2.25. The molecular formula is C66H118NO8+. The van der Waals surface area contributed by atoms with Crippen molar-refractivity contribution in [1.82, 2.24) is 0 Å².